The van der Waals surface area contributed by atoms with Crippen LogP contribution in [0.2, 0.25) is 5.02 Å². The number of hydrogen-bond donors (Lipinski definition) is 1. The van der Waals surface area contributed by atoms with Crippen LogP contribution < -0.4 is 5.32 Å². The predicted molar refractivity (Wildman–Crippen MR) is 105 cm³/mol. The molecule has 1 saturated heterocycles. The van der Waals surface area contributed by atoms with Crippen LogP contribution in [0.15, 0.2) is 48.5 Å². The number of thioether (sulfide) groups is 1. The maximum absolute atomic E-state index is 6.06. The summed E-state index contributed by atoms with van der Waals surface area (Å²) in [5, 5.41) is 5.07. The molecular formula is C18H19ClN2S2. The summed E-state index contributed by atoms with van der Waals surface area (Å²) in [5.41, 5.74) is 3.58. The van der Waals surface area contributed by atoms with Gasteiger partial charge in [-0.15, -0.1) is 11.8 Å². The van der Waals surface area contributed by atoms with Crippen molar-refractivity contribution in [2.45, 2.75) is 18.7 Å². The fourth-order valence-corrected chi connectivity index (χ4v) is 4.65. The normalized spacial score (nSPS) is 17.8. The van der Waals surface area contributed by atoms with E-state index < -0.39 is 0 Å². The van der Waals surface area contributed by atoms with Gasteiger partial charge in [0.1, 0.15) is 5.37 Å². The van der Waals surface area contributed by atoms with Crippen LogP contribution in [0.3, 0.4) is 0 Å². The zero-order valence-corrected chi connectivity index (χ0v) is 15.3. The number of anilines is 1. The van der Waals surface area contributed by atoms with Crippen LogP contribution in [0.25, 0.3) is 0 Å². The molecule has 0 spiro atoms. The Hall–Kier alpha value is -1.23. The number of benzene rings is 2. The fraction of sp³-hybridized carbons (Fsp3) is 0.278. The molecule has 2 aromatic rings. The lowest BCUT2D eigenvalue weighted by Crippen LogP contribution is -2.40. The summed E-state index contributed by atoms with van der Waals surface area (Å²) in [4.78, 5) is 2.28. The van der Waals surface area contributed by atoms with E-state index in [2.05, 4.69) is 41.4 Å². The van der Waals surface area contributed by atoms with Crippen LogP contribution in [-0.2, 0) is 0 Å². The van der Waals surface area contributed by atoms with Gasteiger partial charge in [0.25, 0.3) is 0 Å². The maximum atomic E-state index is 6.06. The standard InChI is InChI=1S/C18H19ClN2S2/c1-13-6-2-3-9-16(13)17-21(10-5-11-23-17)18(22)20-15-8-4-7-14(19)12-15/h2-4,6-9,12,17H,5,10-11H2,1H3,(H,20,22). The van der Waals surface area contributed by atoms with Gasteiger partial charge in [0.2, 0.25) is 0 Å². The lowest BCUT2D eigenvalue weighted by atomic mass is 10.1. The second kappa shape index (κ2) is 7.56. The van der Waals surface area contributed by atoms with Gasteiger partial charge in [-0.2, -0.15) is 0 Å². The van der Waals surface area contributed by atoms with Crippen molar-refractivity contribution >= 4 is 46.4 Å². The third-order valence-electron chi connectivity index (χ3n) is 3.89. The molecule has 2 nitrogen and oxygen atoms in total. The Morgan fingerprint density at radius 1 is 1.26 bits per heavy atom. The molecule has 1 unspecified atom stereocenters. The van der Waals surface area contributed by atoms with E-state index in [-0.39, 0.29) is 5.37 Å². The Labute approximate surface area is 152 Å². The smallest absolute Gasteiger partial charge is 0.174 e. The van der Waals surface area contributed by atoms with E-state index in [9.17, 15) is 0 Å². The Balaban J connectivity index is 1.81. The zero-order valence-electron chi connectivity index (χ0n) is 13.0. The van der Waals surface area contributed by atoms with E-state index in [1.165, 1.54) is 11.1 Å². The summed E-state index contributed by atoms with van der Waals surface area (Å²) in [6, 6.07) is 16.2. The summed E-state index contributed by atoms with van der Waals surface area (Å²) >= 11 is 13.7. The molecule has 1 heterocycles. The van der Waals surface area contributed by atoms with E-state index in [0.717, 1.165) is 29.5 Å². The van der Waals surface area contributed by atoms with Gasteiger partial charge in [0, 0.05) is 17.3 Å². The number of nitrogens with one attached hydrogen (secondary N) is 1. The maximum Gasteiger partial charge on any atom is 0.174 e. The van der Waals surface area contributed by atoms with Crippen LogP contribution in [-0.4, -0.2) is 22.3 Å². The molecule has 23 heavy (non-hydrogen) atoms. The topological polar surface area (TPSA) is 15.3 Å². The Bertz CT molecular complexity index is 705. The molecule has 3 rings (SSSR count). The molecule has 120 valence electrons. The van der Waals surface area contributed by atoms with Crippen LogP contribution in [0.5, 0.6) is 0 Å². The highest BCUT2D eigenvalue weighted by Gasteiger charge is 2.27. The number of halogens is 1. The van der Waals surface area contributed by atoms with Crippen LogP contribution in [0, 0.1) is 6.92 Å². The van der Waals surface area contributed by atoms with Crippen molar-refractivity contribution in [1.29, 1.82) is 0 Å². The number of rotatable bonds is 2. The van der Waals surface area contributed by atoms with Crippen molar-refractivity contribution in [3.05, 3.63) is 64.7 Å². The van der Waals surface area contributed by atoms with E-state index in [1.54, 1.807) is 0 Å². The molecule has 1 aliphatic rings. The van der Waals surface area contributed by atoms with E-state index >= 15 is 0 Å². The van der Waals surface area contributed by atoms with Gasteiger partial charge in [0.15, 0.2) is 5.11 Å². The quantitative estimate of drug-likeness (QED) is 0.711. The second-order valence-electron chi connectivity index (χ2n) is 5.57. The van der Waals surface area contributed by atoms with Gasteiger partial charge in [-0.05, 0) is 60.6 Å². The molecule has 1 aliphatic heterocycles. The van der Waals surface area contributed by atoms with Gasteiger partial charge in [-0.3, -0.25) is 0 Å². The van der Waals surface area contributed by atoms with Crippen molar-refractivity contribution in [1.82, 2.24) is 4.90 Å². The van der Waals surface area contributed by atoms with Crippen molar-refractivity contribution in [3.63, 3.8) is 0 Å². The van der Waals surface area contributed by atoms with E-state index in [0.29, 0.717) is 5.02 Å². The molecule has 2 aromatic carbocycles. The Kier molecular flexibility index (Phi) is 5.46. The van der Waals surface area contributed by atoms with Gasteiger partial charge in [0.05, 0.1) is 0 Å². The van der Waals surface area contributed by atoms with Crippen LogP contribution in [0.1, 0.15) is 22.9 Å². The summed E-state index contributed by atoms with van der Waals surface area (Å²) in [5.74, 6) is 1.16. The first kappa shape index (κ1) is 16.6. The van der Waals surface area contributed by atoms with Gasteiger partial charge in [-0.1, -0.05) is 41.9 Å². The highest BCUT2D eigenvalue weighted by Crippen LogP contribution is 2.38. The lowest BCUT2D eigenvalue weighted by molar-refractivity contribution is 0.395. The number of hydrogen-bond acceptors (Lipinski definition) is 2. The number of aryl methyl sites for hydroxylation is 1. The molecule has 0 radical (unpaired) electrons. The fourth-order valence-electron chi connectivity index (χ4n) is 2.73. The predicted octanol–water partition coefficient (Wildman–Crippen LogP) is 5.48. The third kappa shape index (κ3) is 4.00. The molecular weight excluding hydrogens is 344 g/mol. The van der Waals surface area contributed by atoms with Crippen molar-refractivity contribution in [2.24, 2.45) is 0 Å². The molecule has 0 aromatic heterocycles. The first-order valence-corrected chi connectivity index (χ1v) is 9.49. The Morgan fingerprint density at radius 3 is 2.87 bits per heavy atom. The average Bonchev–Trinajstić information content (AvgIpc) is 2.55. The first-order valence-electron chi connectivity index (χ1n) is 7.65. The lowest BCUT2D eigenvalue weighted by Gasteiger charge is -2.38. The van der Waals surface area contributed by atoms with Gasteiger partial charge in [-0.25, -0.2) is 0 Å². The largest absolute Gasteiger partial charge is 0.333 e. The highest BCUT2D eigenvalue weighted by atomic mass is 35.5. The third-order valence-corrected chi connectivity index (χ3v) is 5.81. The minimum atomic E-state index is 0.268. The van der Waals surface area contributed by atoms with Gasteiger partial charge < -0.3 is 10.2 Å². The molecule has 0 amide bonds. The van der Waals surface area contributed by atoms with Crippen molar-refractivity contribution < 1.29 is 0 Å². The summed E-state index contributed by atoms with van der Waals surface area (Å²) in [6.07, 6.45) is 1.14. The molecule has 1 atom stereocenters. The summed E-state index contributed by atoms with van der Waals surface area (Å²) in [6.45, 7) is 3.13. The van der Waals surface area contributed by atoms with Crippen LogP contribution >= 0.6 is 35.6 Å². The minimum Gasteiger partial charge on any atom is -0.333 e. The summed E-state index contributed by atoms with van der Waals surface area (Å²) < 4.78 is 0. The molecule has 5 heteroatoms. The molecule has 0 bridgehead atoms. The van der Waals surface area contributed by atoms with Crippen molar-refractivity contribution in [3.8, 4) is 0 Å². The van der Waals surface area contributed by atoms with Gasteiger partial charge >= 0.3 is 0 Å². The molecule has 1 N–H and O–H groups in total. The molecule has 0 saturated carbocycles. The zero-order chi connectivity index (χ0) is 16.2. The second-order valence-corrected chi connectivity index (χ2v) is 7.58. The minimum absolute atomic E-state index is 0.268. The van der Waals surface area contributed by atoms with E-state index in [4.69, 9.17) is 23.8 Å². The summed E-state index contributed by atoms with van der Waals surface area (Å²) in [7, 11) is 0. The average molecular weight is 363 g/mol. The van der Waals surface area contributed by atoms with Crippen molar-refractivity contribution in [2.75, 3.05) is 17.6 Å². The van der Waals surface area contributed by atoms with Crippen LogP contribution in [0.4, 0.5) is 5.69 Å². The van der Waals surface area contributed by atoms with E-state index in [1.807, 2.05) is 36.0 Å². The molecule has 1 fully saturated rings. The highest BCUT2D eigenvalue weighted by molar-refractivity contribution is 7.99. The monoisotopic (exact) mass is 362 g/mol. The first-order chi connectivity index (χ1) is 11.1. The number of thiocarbonyl (C=S) groups is 1. The molecule has 0 aliphatic carbocycles. The Morgan fingerprint density at radius 2 is 2.09 bits per heavy atom. The number of nitrogens with zero attached hydrogens (tertiary/aromatic N) is 1. The SMILES string of the molecule is Cc1ccccc1C1SCCCN1C(=S)Nc1cccc(Cl)c1.